The second-order valence-electron chi connectivity index (χ2n) is 7.54. The van der Waals surface area contributed by atoms with Crippen LogP contribution in [0.4, 0.5) is 15.8 Å². The van der Waals surface area contributed by atoms with E-state index in [0.717, 1.165) is 41.9 Å². The van der Waals surface area contributed by atoms with Crippen LogP contribution in [0.25, 0.3) is 0 Å². The number of rotatable bonds is 4. The van der Waals surface area contributed by atoms with Crippen molar-refractivity contribution in [2.75, 3.05) is 23.3 Å². The Morgan fingerprint density at radius 1 is 1.04 bits per heavy atom. The van der Waals surface area contributed by atoms with Crippen LogP contribution in [0.2, 0.25) is 0 Å². The van der Waals surface area contributed by atoms with Gasteiger partial charge in [0.05, 0.1) is 6.42 Å². The maximum atomic E-state index is 13.0. The van der Waals surface area contributed by atoms with Crippen LogP contribution in [-0.2, 0) is 11.2 Å². The van der Waals surface area contributed by atoms with Gasteiger partial charge in [-0.1, -0.05) is 23.3 Å². The molecule has 1 amide bonds. The van der Waals surface area contributed by atoms with Gasteiger partial charge in [0, 0.05) is 24.5 Å². The minimum absolute atomic E-state index is 0.0899. The first kappa shape index (κ1) is 19.2. The number of aryl methyl sites for hydroxylation is 2. The van der Waals surface area contributed by atoms with E-state index in [2.05, 4.69) is 36.2 Å². The molecule has 0 aromatic heterocycles. The molecular formula is C23H27FN2O. The molecule has 1 aliphatic heterocycles. The zero-order valence-electron chi connectivity index (χ0n) is 16.5. The molecule has 0 fully saturated rings. The summed E-state index contributed by atoms with van der Waals surface area (Å²) in [6.45, 7) is 10.5. The van der Waals surface area contributed by atoms with Crippen LogP contribution >= 0.6 is 0 Å². The van der Waals surface area contributed by atoms with E-state index in [1.54, 1.807) is 12.1 Å². The minimum Gasteiger partial charge on any atom is -0.367 e. The van der Waals surface area contributed by atoms with E-state index < -0.39 is 0 Å². The first-order valence-corrected chi connectivity index (χ1v) is 9.39. The van der Waals surface area contributed by atoms with Crippen molar-refractivity contribution in [2.45, 2.75) is 40.5 Å². The molecule has 2 aromatic carbocycles. The first-order chi connectivity index (χ1) is 12.8. The Bertz CT molecular complexity index is 861. The molecule has 0 saturated carbocycles. The summed E-state index contributed by atoms with van der Waals surface area (Å²) in [4.78, 5) is 14.8. The maximum absolute atomic E-state index is 13.0. The Morgan fingerprint density at radius 2 is 1.67 bits per heavy atom. The van der Waals surface area contributed by atoms with Gasteiger partial charge in [-0.05, 0) is 75.1 Å². The summed E-state index contributed by atoms with van der Waals surface area (Å²) in [6.07, 6.45) is 1.33. The van der Waals surface area contributed by atoms with Crippen molar-refractivity contribution in [1.82, 2.24) is 0 Å². The van der Waals surface area contributed by atoms with Crippen molar-refractivity contribution < 1.29 is 9.18 Å². The second-order valence-corrected chi connectivity index (χ2v) is 7.54. The zero-order valence-corrected chi connectivity index (χ0v) is 16.5. The van der Waals surface area contributed by atoms with Gasteiger partial charge in [0.2, 0.25) is 5.91 Å². The van der Waals surface area contributed by atoms with Crippen molar-refractivity contribution in [2.24, 2.45) is 0 Å². The summed E-state index contributed by atoms with van der Waals surface area (Å²) in [5.74, 6) is -0.382. The normalized spacial score (nSPS) is 14.5. The molecule has 1 heterocycles. The van der Waals surface area contributed by atoms with E-state index in [1.165, 1.54) is 29.0 Å². The molecular weight excluding hydrogens is 339 g/mol. The Hall–Kier alpha value is -2.62. The van der Waals surface area contributed by atoms with Crippen LogP contribution in [0.5, 0.6) is 0 Å². The highest BCUT2D eigenvalue weighted by molar-refractivity contribution is 5.94. The molecule has 4 heteroatoms. The molecule has 1 aliphatic rings. The molecule has 3 rings (SSSR count). The van der Waals surface area contributed by atoms with Gasteiger partial charge < -0.3 is 10.2 Å². The summed E-state index contributed by atoms with van der Waals surface area (Å²) < 4.78 is 13.0. The Kier molecular flexibility index (Phi) is 5.64. The fourth-order valence-corrected chi connectivity index (χ4v) is 3.53. The van der Waals surface area contributed by atoms with E-state index in [4.69, 9.17) is 0 Å². The van der Waals surface area contributed by atoms with E-state index in [-0.39, 0.29) is 18.1 Å². The van der Waals surface area contributed by atoms with Crippen molar-refractivity contribution in [1.29, 1.82) is 0 Å². The van der Waals surface area contributed by atoms with Gasteiger partial charge in [0.15, 0.2) is 0 Å². The molecule has 142 valence electrons. The number of carbonyl (C=O) groups excluding carboxylic acids is 1. The monoisotopic (exact) mass is 366 g/mol. The lowest BCUT2D eigenvalue weighted by Crippen LogP contribution is -2.30. The molecule has 0 atom stereocenters. The molecule has 1 N–H and O–H groups in total. The third-order valence-electron chi connectivity index (χ3n) is 5.34. The van der Waals surface area contributed by atoms with Gasteiger partial charge in [-0.2, -0.15) is 0 Å². The summed E-state index contributed by atoms with van der Waals surface area (Å²) >= 11 is 0. The largest absolute Gasteiger partial charge is 0.367 e. The van der Waals surface area contributed by atoms with Gasteiger partial charge >= 0.3 is 0 Å². The van der Waals surface area contributed by atoms with E-state index in [0.29, 0.717) is 0 Å². The van der Waals surface area contributed by atoms with E-state index in [9.17, 15) is 9.18 Å². The summed E-state index contributed by atoms with van der Waals surface area (Å²) in [5, 5.41) is 3.03. The average Bonchev–Trinajstić information content (AvgIpc) is 2.62. The smallest absolute Gasteiger partial charge is 0.228 e. The third-order valence-corrected chi connectivity index (χ3v) is 5.34. The predicted octanol–water partition coefficient (Wildman–Crippen LogP) is 5.17. The lowest BCUT2D eigenvalue weighted by atomic mass is 10.0. The summed E-state index contributed by atoms with van der Waals surface area (Å²) in [5.41, 5.74) is 7.91. The molecule has 0 radical (unpaired) electrons. The Labute approximate surface area is 160 Å². The number of hydrogen-bond donors (Lipinski definition) is 1. The van der Waals surface area contributed by atoms with Crippen molar-refractivity contribution in [3.05, 3.63) is 70.1 Å². The van der Waals surface area contributed by atoms with Gasteiger partial charge in [0.1, 0.15) is 5.82 Å². The topological polar surface area (TPSA) is 32.3 Å². The Balaban J connectivity index is 1.73. The fourth-order valence-electron chi connectivity index (χ4n) is 3.53. The zero-order chi connectivity index (χ0) is 19.6. The molecule has 3 nitrogen and oxygen atoms in total. The number of anilines is 2. The number of carbonyl (C=O) groups is 1. The third kappa shape index (κ3) is 4.57. The number of nitrogens with zero attached hydrogens (tertiary/aromatic N) is 1. The minimum atomic E-state index is -0.292. The lowest BCUT2D eigenvalue weighted by molar-refractivity contribution is -0.115. The first-order valence-electron chi connectivity index (χ1n) is 9.39. The number of halogens is 1. The SMILES string of the molecule is CC1=C(C)CN(c2cc(C)c(NC(=O)Cc3ccc(F)cc3)c(C)c2)CC1. The lowest BCUT2D eigenvalue weighted by Gasteiger charge is -2.31. The van der Waals surface area contributed by atoms with Gasteiger partial charge in [-0.3, -0.25) is 4.79 Å². The second kappa shape index (κ2) is 7.95. The van der Waals surface area contributed by atoms with Gasteiger partial charge in [-0.25, -0.2) is 4.39 Å². The quantitative estimate of drug-likeness (QED) is 0.757. The van der Waals surface area contributed by atoms with Gasteiger partial charge in [-0.15, -0.1) is 0 Å². The van der Waals surface area contributed by atoms with Crippen molar-refractivity contribution >= 4 is 17.3 Å². The molecule has 0 saturated heterocycles. The van der Waals surface area contributed by atoms with Crippen LogP contribution in [0.3, 0.4) is 0 Å². The molecule has 0 aliphatic carbocycles. The molecule has 2 aromatic rings. The molecule has 0 spiro atoms. The van der Waals surface area contributed by atoms with Crippen LogP contribution in [0, 0.1) is 19.7 Å². The number of hydrogen-bond acceptors (Lipinski definition) is 2. The molecule has 0 bridgehead atoms. The summed E-state index contributed by atoms with van der Waals surface area (Å²) in [7, 11) is 0. The van der Waals surface area contributed by atoms with E-state index in [1.807, 2.05) is 13.8 Å². The van der Waals surface area contributed by atoms with Crippen molar-refractivity contribution in [3.63, 3.8) is 0 Å². The van der Waals surface area contributed by atoms with Crippen LogP contribution in [-0.4, -0.2) is 19.0 Å². The molecule has 27 heavy (non-hydrogen) atoms. The van der Waals surface area contributed by atoms with Gasteiger partial charge in [0.25, 0.3) is 0 Å². The maximum Gasteiger partial charge on any atom is 0.228 e. The standard InChI is InChI=1S/C23H27FN2O/c1-15-9-10-26(14-18(15)4)21-11-16(2)23(17(3)12-21)25-22(27)13-19-5-7-20(24)8-6-19/h5-8,11-12H,9-10,13-14H2,1-4H3,(H,25,27). The number of nitrogens with one attached hydrogen (secondary N) is 1. The molecule has 0 unspecified atom stereocenters. The highest BCUT2D eigenvalue weighted by atomic mass is 19.1. The van der Waals surface area contributed by atoms with Crippen molar-refractivity contribution in [3.8, 4) is 0 Å². The number of benzene rings is 2. The van der Waals surface area contributed by atoms with Crippen LogP contribution < -0.4 is 10.2 Å². The van der Waals surface area contributed by atoms with Crippen LogP contribution in [0.15, 0.2) is 47.5 Å². The average molecular weight is 366 g/mol. The predicted molar refractivity (Wildman–Crippen MR) is 110 cm³/mol. The summed E-state index contributed by atoms with van der Waals surface area (Å²) in [6, 6.07) is 10.3. The Morgan fingerprint density at radius 3 is 2.26 bits per heavy atom. The van der Waals surface area contributed by atoms with E-state index >= 15 is 0 Å². The highest BCUT2D eigenvalue weighted by Gasteiger charge is 2.17. The fraction of sp³-hybridized carbons (Fsp3) is 0.348. The van der Waals surface area contributed by atoms with Crippen LogP contribution in [0.1, 0.15) is 37.0 Å². The highest BCUT2D eigenvalue weighted by Crippen LogP contribution is 2.30. The number of amides is 1.